The van der Waals surface area contributed by atoms with Crippen molar-refractivity contribution in [2.75, 3.05) is 4.72 Å². The fraction of sp³-hybridized carbons (Fsp3) is 0.478. The van der Waals surface area contributed by atoms with Crippen LogP contribution in [0.2, 0.25) is 0 Å². The lowest BCUT2D eigenvalue weighted by molar-refractivity contribution is 0.263. The first-order chi connectivity index (χ1) is 12.7. The molecule has 2 aliphatic carbocycles. The van der Waals surface area contributed by atoms with Crippen molar-refractivity contribution in [1.82, 2.24) is 0 Å². The largest absolute Gasteiger partial charge is 0.305 e. The van der Waals surface area contributed by atoms with Crippen molar-refractivity contribution in [3.8, 4) is 0 Å². The molecule has 2 aromatic carbocycles. The van der Waals surface area contributed by atoms with E-state index in [0.717, 1.165) is 18.5 Å². The minimum absolute atomic E-state index is 0.263. The van der Waals surface area contributed by atoms with Crippen LogP contribution in [0.25, 0.3) is 0 Å². The van der Waals surface area contributed by atoms with Gasteiger partial charge < -0.3 is 4.72 Å². The van der Waals surface area contributed by atoms with E-state index < -0.39 is 11.0 Å². The smallest absolute Gasteiger partial charge is 0.122 e. The van der Waals surface area contributed by atoms with Gasteiger partial charge in [0.05, 0.1) is 4.75 Å². The molecule has 0 amide bonds. The Morgan fingerprint density at radius 2 is 1.59 bits per heavy atom. The van der Waals surface area contributed by atoms with Gasteiger partial charge in [0.15, 0.2) is 0 Å². The van der Waals surface area contributed by atoms with Crippen molar-refractivity contribution in [2.24, 2.45) is 5.41 Å². The zero-order valence-corrected chi connectivity index (χ0v) is 18.8. The molecule has 1 spiro atoms. The third-order valence-electron chi connectivity index (χ3n) is 6.12. The molecule has 2 nitrogen and oxygen atoms in total. The Balaban J connectivity index is 1.52. The fourth-order valence-corrected chi connectivity index (χ4v) is 5.56. The summed E-state index contributed by atoms with van der Waals surface area (Å²) in [6, 6.07) is 13.4. The highest BCUT2D eigenvalue weighted by Crippen LogP contribution is 2.46. The SMILES string of the molecule is CC(C)(C)S(=O)Nc1ccc2c(c1)CCC1(CC2)Cc2ccc(Br)cc2C1. The van der Waals surface area contributed by atoms with Crippen molar-refractivity contribution < 1.29 is 4.21 Å². The molecule has 0 saturated heterocycles. The highest BCUT2D eigenvalue weighted by molar-refractivity contribution is 9.10. The van der Waals surface area contributed by atoms with Crippen LogP contribution in [0, 0.1) is 5.41 Å². The molecule has 4 heteroatoms. The van der Waals surface area contributed by atoms with Gasteiger partial charge >= 0.3 is 0 Å². The molecule has 0 heterocycles. The predicted octanol–water partition coefficient (Wildman–Crippen LogP) is 5.99. The number of hydrogen-bond acceptors (Lipinski definition) is 1. The number of benzene rings is 2. The number of hydrogen-bond donors (Lipinski definition) is 1. The lowest BCUT2D eigenvalue weighted by Crippen LogP contribution is -2.27. The molecule has 0 aliphatic heterocycles. The molecule has 0 radical (unpaired) electrons. The fourth-order valence-electron chi connectivity index (χ4n) is 4.51. The van der Waals surface area contributed by atoms with E-state index in [-0.39, 0.29) is 4.75 Å². The van der Waals surface area contributed by atoms with Gasteiger partial charge in [-0.15, -0.1) is 0 Å². The third kappa shape index (κ3) is 4.02. The van der Waals surface area contributed by atoms with Crippen LogP contribution in [0.4, 0.5) is 5.69 Å². The van der Waals surface area contributed by atoms with Crippen LogP contribution in [-0.4, -0.2) is 8.96 Å². The van der Waals surface area contributed by atoms with Crippen molar-refractivity contribution in [2.45, 2.75) is 64.0 Å². The standard InChI is InChI=1S/C23H28BrNOS/c1-22(2,3)27(26)25-21-7-5-16-8-10-23(11-9-17(16)13-21)14-18-4-6-20(24)12-19(18)15-23/h4-7,12-13,25H,8-11,14-15H2,1-3H3. The first-order valence-electron chi connectivity index (χ1n) is 9.82. The molecule has 2 aromatic rings. The number of fused-ring (bicyclic) bond motifs is 2. The number of halogens is 1. The number of aryl methyl sites for hydroxylation is 2. The summed E-state index contributed by atoms with van der Waals surface area (Å²) in [6.45, 7) is 6.00. The van der Waals surface area contributed by atoms with Gasteiger partial charge in [0.1, 0.15) is 11.0 Å². The maximum absolute atomic E-state index is 12.4. The van der Waals surface area contributed by atoms with Gasteiger partial charge in [-0.1, -0.05) is 28.1 Å². The van der Waals surface area contributed by atoms with E-state index in [4.69, 9.17) is 0 Å². The van der Waals surface area contributed by atoms with E-state index in [1.165, 1.54) is 52.4 Å². The van der Waals surface area contributed by atoms with E-state index in [1.54, 1.807) is 0 Å². The molecule has 144 valence electrons. The average Bonchev–Trinajstić information content (AvgIpc) is 2.86. The monoisotopic (exact) mass is 445 g/mol. The van der Waals surface area contributed by atoms with E-state index in [1.807, 2.05) is 20.8 Å². The molecule has 2 unspecified atom stereocenters. The maximum Gasteiger partial charge on any atom is 0.122 e. The van der Waals surface area contributed by atoms with Crippen LogP contribution in [-0.2, 0) is 36.7 Å². The second-order valence-electron chi connectivity index (χ2n) is 9.23. The quantitative estimate of drug-likeness (QED) is 0.604. The van der Waals surface area contributed by atoms with Gasteiger partial charge in [-0.05, 0) is 111 Å². The van der Waals surface area contributed by atoms with Crippen molar-refractivity contribution in [3.63, 3.8) is 0 Å². The minimum atomic E-state index is -1.09. The minimum Gasteiger partial charge on any atom is -0.305 e. The number of rotatable bonds is 2. The summed E-state index contributed by atoms with van der Waals surface area (Å²) in [5.41, 5.74) is 7.35. The van der Waals surface area contributed by atoms with Gasteiger partial charge in [0.25, 0.3) is 0 Å². The number of anilines is 1. The summed E-state index contributed by atoms with van der Waals surface area (Å²) >= 11 is 3.63. The van der Waals surface area contributed by atoms with Gasteiger partial charge in [-0.3, -0.25) is 0 Å². The van der Waals surface area contributed by atoms with Gasteiger partial charge in [-0.2, -0.15) is 0 Å². The second kappa shape index (κ2) is 7.04. The predicted molar refractivity (Wildman–Crippen MR) is 119 cm³/mol. The molecule has 2 atom stereocenters. The summed E-state index contributed by atoms with van der Waals surface area (Å²) in [6.07, 6.45) is 7.16. The van der Waals surface area contributed by atoms with Gasteiger partial charge in [0.2, 0.25) is 0 Å². The van der Waals surface area contributed by atoms with Crippen LogP contribution >= 0.6 is 15.9 Å². The molecule has 0 saturated carbocycles. The van der Waals surface area contributed by atoms with Crippen LogP contribution in [0.3, 0.4) is 0 Å². The normalized spacial score (nSPS) is 22.8. The highest BCUT2D eigenvalue weighted by atomic mass is 79.9. The summed E-state index contributed by atoms with van der Waals surface area (Å²) in [4.78, 5) is 0. The Hall–Kier alpha value is -1.13. The van der Waals surface area contributed by atoms with Crippen molar-refractivity contribution in [3.05, 3.63) is 63.1 Å². The molecular formula is C23H28BrNOS. The average molecular weight is 446 g/mol. The third-order valence-corrected chi connectivity index (χ3v) is 8.15. The van der Waals surface area contributed by atoms with Crippen LogP contribution in [0.1, 0.15) is 55.9 Å². The second-order valence-corrected chi connectivity index (χ2v) is 12.1. The first kappa shape index (κ1) is 19.2. The Labute approximate surface area is 173 Å². The first-order valence-corrected chi connectivity index (χ1v) is 11.8. The van der Waals surface area contributed by atoms with Crippen molar-refractivity contribution >= 4 is 32.6 Å². The molecule has 0 fully saturated rings. The van der Waals surface area contributed by atoms with Crippen molar-refractivity contribution in [1.29, 1.82) is 0 Å². The van der Waals surface area contributed by atoms with E-state index in [2.05, 4.69) is 57.1 Å². The maximum atomic E-state index is 12.4. The summed E-state index contributed by atoms with van der Waals surface area (Å²) in [5, 5.41) is 0. The van der Waals surface area contributed by atoms with Gasteiger partial charge in [-0.25, -0.2) is 4.21 Å². The zero-order valence-electron chi connectivity index (χ0n) is 16.4. The Bertz CT molecular complexity index is 902. The van der Waals surface area contributed by atoms with Crippen LogP contribution in [0.5, 0.6) is 0 Å². The van der Waals surface area contributed by atoms with Crippen LogP contribution in [0.15, 0.2) is 40.9 Å². The van der Waals surface area contributed by atoms with E-state index in [0.29, 0.717) is 5.41 Å². The number of nitrogens with one attached hydrogen (secondary N) is 1. The molecule has 1 N–H and O–H groups in total. The summed E-state index contributed by atoms with van der Waals surface area (Å²) in [7, 11) is -1.09. The molecular weight excluding hydrogens is 418 g/mol. The Morgan fingerprint density at radius 1 is 0.926 bits per heavy atom. The summed E-state index contributed by atoms with van der Waals surface area (Å²) < 4.78 is 16.6. The Kier molecular flexibility index (Phi) is 5.00. The Morgan fingerprint density at radius 3 is 2.33 bits per heavy atom. The molecule has 0 aromatic heterocycles. The topological polar surface area (TPSA) is 29.1 Å². The van der Waals surface area contributed by atoms with E-state index >= 15 is 0 Å². The molecule has 2 aliphatic rings. The van der Waals surface area contributed by atoms with Gasteiger partial charge in [0, 0.05) is 10.2 Å². The zero-order chi connectivity index (χ0) is 19.2. The molecule has 4 rings (SSSR count). The molecule has 0 bridgehead atoms. The lowest BCUT2D eigenvalue weighted by atomic mass is 9.77. The summed E-state index contributed by atoms with van der Waals surface area (Å²) in [5.74, 6) is 0. The van der Waals surface area contributed by atoms with E-state index in [9.17, 15) is 4.21 Å². The molecule has 27 heavy (non-hydrogen) atoms. The highest BCUT2D eigenvalue weighted by Gasteiger charge is 2.38. The van der Waals surface area contributed by atoms with Crippen LogP contribution < -0.4 is 4.72 Å². The lowest BCUT2D eigenvalue weighted by Gasteiger charge is -2.27.